The third-order valence-corrected chi connectivity index (χ3v) is 2.45. The van der Waals surface area contributed by atoms with Crippen LogP contribution in [0.2, 0.25) is 0 Å². The first kappa shape index (κ1) is 12.6. The van der Waals surface area contributed by atoms with Crippen molar-refractivity contribution in [3.63, 3.8) is 0 Å². The van der Waals surface area contributed by atoms with Gasteiger partial charge in [0.2, 0.25) is 0 Å². The summed E-state index contributed by atoms with van der Waals surface area (Å²) < 4.78 is 12.6. The molecule has 1 aromatic rings. The molecule has 0 radical (unpaired) electrons. The van der Waals surface area contributed by atoms with Crippen molar-refractivity contribution in [2.24, 2.45) is 5.73 Å². The maximum absolute atomic E-state index is 12.6. The van der Waals surface area contributed by atoms with E-state index in [1.54, 1.807) is 0 Å². The molecule has 0 fully saturated rings. The molecule has 0 bridgehead atoms. The van der Waals surface area contributed by atoms with Crippen LogP contribution in [-0.2, 0) is 0 Å². The molecule has 0 heterocycles. The number of halogens is 1. The van der Waals surface area contributed by atoms with Gasteiger partial charge in [-0.15, -0.1) is 0 Å². The fourth-order valence-electron chi connectivity index (χ4n) is 1.22. The number of rotatable bonds is 4. The highest BCUT2D eigenvalue weighted by Gasteiger charge is 2.13. The van der Waals surface area contributed by atoms with Crippen molar-refractivity contribution >= 4 is 23.1 Å². The SMILES string of the molecule is CCC(NC(=O)c1ccc(F)cc1)C(N)=S. The average molecular weight is 240 g/mol. The topological polar surface area (TPSA) is 55.1 Å². The normalized spacial score (nSPS) is 11.9. The molecule has 1 aromatic carbocycles. The van der Waals surface area contributed by atoms with Crippen molar-refractivity contribution < 1.29 is 9.18 Å². The number of nitrogens with two attached hydrogens (primary N) is 1. The molecule has 0 aromatic heterocycles. The lowest BCUT2D eigenvalue weighted by molar-refractivity contribution is 0.0946. The van der Waals surface area contributed by atoms with Crippen LogP contribution in [0, 0.1) is 5.82 Å². The Labute approximate surface area is 98.8 Å². The first-order valence-electron chi connectivity index (χ1n) is 4.90. The molecule has 1 unspecified atom stereocenters. The van der Waals surface area contributed by atoms with Crippen LogP contribution in [0.4, 0.5) is 4.39 Å². The molecule has 86 valence electrons. The number of carbonyl (C=O) groups excluding carboxylic acids is 1. The predicted octanol–water partition coefficient (Wildman–Crippen LogP) is 1.62. The standard InChI is InChI=1S/C11H13FN2OS/c1-2-9(10(13)16)14-11(15)7-3-5-8(12)6-4-7/h3-6,9H,2H2,1H3,(H2,13,16)(H,14,15). The second kappa shape index (κ2) is 5.55. The lowest BCUT2D eigenvalue weighted by atomic mass is 10.1. The monoisotopic (exact) mass is 240 g/mol. The summed E-state index contributed by atoms with van der Waals surface area (Å²) in [6, 6.07) is 4.97. The van der Waals surface area contributed by atoms with Gasteiger partial charge in [0.1, 0.15) is 5.82 Å². The summed E-state index contributed by atoms with van der Waals surface area (Å²) in [5, 5.41) is 2.67. The van der Waals surface area contributed by atoms with E-state index in [1.807, 2.05) is 6.92 Å². The van der Waals surface area contributed by atoms with Gasteiger partial charge in [0, 0.05) is 5.56 Å². The molecule has 3 nitrogen and oxygen atoms in total. The zero-order valence-corrected chi connectivity index (χ0v) is 9.68. The van der Waals surface area contributed by atoms with Crippen LogP contribution in [0.25, 0.3) is 0 Å². The van der Waals surface area contributed by atoms with Crippen LogP contribution in [0.1, 0.15) is 23.7 Å². The Hall–Kier alpha value is -1.49. The van der Waals surface area contributed by atoms with Crippen LogP contribution in [0.15, 0.2) is 24.3 Å². The number of carbonyl (C=O) groups is 1. The van der Waals surface area contributed by atoms with Crippen molar-refractivity contribution in [2.45, 2.75) is 19.4 Å². The third-order valence-electron chi connectivity index (χ3n) is 2.16. The van der Waals surface area contributed by atoms with Gasteiger partial charge in [0.25, 0.3) is 5.91 Å². The highest BCUT2D eigenvalue weighted by Crippen LogP contribution is 2.03. The summed E-state index contributed by atoms with van der Waals surface area (Å²) in [7, 11) is 0. The fourth-order valence-corrected chi connectivity index (χ4v) is 1.44. The highest BCUT2D eigenvalue weighted by atomic mass is 32.1. The summed E-state index contributed by atoms with van der Waals surface area (Å²) in [5.41, 5.74) is 5.84. The summed E-state index contributed by atoms with van der Waals surface area (Å²) in [6.45, 7) is 1.87. The van der Waals surface area contributed by atoms with E-state index in [0.717, 1.165) is 0 Å². The molecule has 0 aliphatic rings. The molecular formula is C11H13FN2OS. The van der Waals surface area contributed by atoms with E-state index in [4.69, 9.17) is 18.0 Å². The summed E-state index contributed by atoms with van der Waals surface area (Å²) in [6.07, 6.45) is 0.627. The zero-order chi connectivity index (χ0) is 12.1. The molecule has 3 N–H and O–H groups in total. The summed E-state index contributed by atoms with van der Waals surface area (Å²) >= 11 is 4.81. The van der Waals surface area contributed by atoms with Crippen molar-refractivity contribution in [1.82, 2.24) is 5.32 Å². The van der Waals surface area contributed by atoms with Crippen molar-refractivity contribution in [2.75, 3.05) is 0 Å². The molecule has 5 heteroatoms. The molecule has 1 rings (SSSR count). The van der Waals surface area contributed by atoms with Crippen LogP contribution in [0.5, 0.6) is 0 Å². The van der Waals surface area contributed by atoms with Crippen molar-refractivity contribution in [1.29, 1.82) is 0 Å². The lowest BCUT2D eigenvalue weighted by Gasteiger charge is -2.15. The average Bonchev–Trinajstić information content (AvgIpc) is 2.26. The number of amides is 1. The molecule has 1 amide bonds. The van der Waals surface area contributed by atoms with Crippen LogP contribution < -0.4 is 11.1 Å². The summed E-state index contributed by atoms with van der Waals surface area (Å²) in [5.74, 6) is -0.683. The van der Waals surface area contributed by atoms with Crippen molar-refractivity contribution in [3.05, 3.63) is 35.6 Å². The minimum Gasteiger partial charge on any atom is -0.392 e. The van der Waals surface area contributed by atoms with Gasteiger partial charge >= 0.3 is 0 Å². The maximum Gasteiger partial charge on any atom is 0.251 e. The molecule has 0 saturated heterocycles. The highest BCUT2D eigenvalue weighted by molar-refractivity contribution is 7.80. The van der Waals surface area contributed by atoms with Crippen LogP contribution in [-0.4, -0.2) is 16.9 Å². The minimum absolute atomic E-state index is 0.248. The Morgan fingerprint density at radius 2 is 2.06 bits per heavy atom. The second-order valence-corrected chi connectivity index (χ2v) is 3.81. The molecule has 0 saturated carbocycles. The van der Waals surface area contributed by atoms with Gasteiger partial charge in [-0.1, -0.05) is 19.1 Å². The van der Waals surface area contributed by atoms with Gasteiger partial charge in [0.05, 0.1) is 11.0 Å². The Balaban J connectivity index is 2.71. The number of benzene rings is 1. The van der Waals surface area contributed by atoms with Gasteiger partial charge in [-0.3, -0.25) is 4.79 Å². The van der Waals surface area contributed by atoms with Gasteiger partial charge in [0.15, 0.2) is 0 Å². The van der Waals surface area contributed by atoms with E-state index in [-0.39, 0.29) is 22.8 Å². The number of hydrogen-bond acceptors (Lipinski definition) is 2. The molecule has 0 spiro atoms. The Kier molecular flexibility index (Phi) is 4.37. The Morgan fingerprint density at radius 1 is 1.50 bits per heavy atom. The van der Waals surface area contributed by atoms with E-state index in [0.29, 0.717) is 12.0 Å². The minimum atomic E-state index is -0.377. The first-order valence-corrected chi connectivity index (χ1v) is 5.31. The van der Waals surface area contributed by atoms with Crippen LogP contribution in [0.3, 0.4) is 0 Å². The van der Waals surface area contributed by atoms with Gasteiger partial charge in [-0.25, -0.2) is 4.39 Å². The number of thiocarbonyl (C=S) groups is 1. The molecule has 1 atom stereocenters. The van der Waals surface area contributed by atoms with E-state index in [2.05, 4.69) is 5.32 Å². The smallest absolute Gasteiger partial charge is 0.251 e. The second-order valence-electron chi connectivity index (χ2n) is 3.34. The molecular weight excluding hydrogens is 227 g/mol. The van der Waals surface area contributed by atoms with E-state index in [1.165, 1.54) is 24.3 Å². The van der Waals surface area contributed by atoms with E-state index >= 15 is 0 Å². The van der Waals surface area contributed by atoms with Crippen LogP contribution >= 0.6 is 12.2 Å². The third kappa shape index (κ3) is 3.27. The lowest BCUT2D eigenvalue weighted by Crippen LogP contribution is -2.42. The van der Waals surface area contributed by atoms with Gasteiger partial charge in [-0.2, -0.15) is 0 Å². The number of nitrogens with one attached hydrogen (secondary N) is 1. The molecule has 16 heavy (non-hydrogen) atoms. The van der Waals surface area contributed by atoms with Crippen molar-refractivity contribution in [3.8, 4) is 0 Å². The Bertz CT molecular complexity index is 391. The predicted molar refractivity (Wildman–Crippen MR) is 64.7 cm³/mol. The first-order chi connectivity index (χ1) is 7.54. The molecule has 0 aliphatic heterocycles. The molecule has 0 aliphatic carbocycles. The van der Waals surface area contributed by atoms with E-state index < -0.39 is 0 Å². The maximum atomic E-state index is 12.6. The largest absolute Gasteiger partial charge is 0.392 e. The fraction of sp³-hybridized carbons (Fsp3) is 0.273. The zero-order valence-electron chi connectivity index (χ0n) is 8.87. The Morgan fingerprint density at radius 3 is 2.50 bits per heavy atom. The van der Waals surface area contributed by atoms with Gasteiger partial charge < -0.3 is 11.1 Å². The number of hydrogen-bond donors (Lipinski definition) is 2. The quantitative estimate of drug-likeness (QED) is 0.786. The van der Waals surface area contributed by atoms with E-state index in [9.17, 15) is 9.18 Å². The van der Waals surface area contributed by atoms with Gasteiger partial charge in [-0.05, 0) is 30.7 Å². The summed E-state index contributed by atoms with van der Waals surface area (Å²) in [4.78, 5) is 11.9.